The molecule has 0 aromatic heterocycles. The van der Waals surface area contributed by atoms with Gasteiger partial charge in [-0.25, -0.2) is 0 Å². The molecule has 0 heterocycles. The second-order valence-electron chi connectivity index (χ2n) is 7.06. The van der Waals surface area contributed by atoms with Gasteiger partial charge in [-0.2, -0.15) is 0 Å². The van der Waals surface area contributed by atoms with Crippen LogP contribution in [-0.2, 0) is 19.6 Å². The Morgan fingerprint density at radius 3 is 2.50 bits per heavy atom. The molecule has 3 aromatic rings. The number of ether oxygens (including phenoxy) is 2. The van der Waals surface area contributed by atoms with Crippen molar-refractivity contribution in [3.8, 4) is 11.5 Å². The number of hydrogen-bond donors (Lipinski definition) is 1. The van der Waals surface area contributed by atoms with Crippen molar-refractivity contribution >= 4 is 17.3 Å². The zero-order valence-corrected chi connectivity index (χ0v) is 18.3. The molecule has 0 aliphatic rings. The zero-order valence-electron chi connectivity index (χ0n) is 17.6. The molecule has 0 radical (unpaired) electrons. The number of anilines is 1. The number of allylic oxidation sites excluding steroid dienone is 1. The summed E-state index contributed by atoms with van der Waals surface area (Å²) >= 11 is 6.29. The Labute approximate surface area is 184 Å². The topological polar surface area (TPSA) is 30.5 Å². The van der Waals surface area contributed by atoms with Crippen LogP contribution in [0, 0.1) is 6.92 Å². The van der Waals surface area contributed by atoms with E-state index in [0.717, 1.165) is 33.9 Å². The maximum Gasteiger partial charge on any atom is 0.165 e. The van der Waals surface area contributed by atoms with Crippen molar-refractivity contribution in [2.24, 2.45) is 0 Å². The average Bonchev–Trinajstić information content (AvgIpc) is 2.74. The fraction of sp³-hybridized carbons (Fsp3) is 0.231. The highest BCUT2D eigenvalue weighted by Crippen LogP contribution is 2.35. The Bertz CT molecular complexity index is 1000. The van der Waals surface area contributed by atoms with Gasteiger partial charge in [-0.05, 0) is 55.7 Å². The van der Waals surface area contributed by atoms with Gasteiger partial charge in [0.15, 0.2) is 11.5 Å². The Hall–Kier alpha value is -2.91. The largest absolute Gasteiger partial charge is 0.490 e. The van der Waals surface area contributed by atoms with Crippen LogP contribution in [0.25, 0.3) is 0 Å². The van der Waals surface area contributed by atoms with Crippen LogP contribution in [0.2, 0.25) is 5.02 Å². The number of para-hydroxylation sites is 1. The van der Waals surface area contributed by atoms with E-state index in [0.29, 0.717) is 31.2 Å². The zero-order chi connectivity index (χ0) is 21.3. The molecule has 0 aliphatic heterocycles. The monoisotopic (exact) mass is 421 g/mol. The molecule has 0 aliphatic carbocycles. The minimum Gasteiger partial charge on any atom is -0.490 e. The van der Waals surface area contributed by atoms with Gasteiger partial charge in [-0.1, -0.05) is 54.1 Å². The summed E-state index contributed by atoms with van der Waals surface area (Å²) in [6.07, 6.45) is 2.57. The van der Waals surface area contributed by atoms with E-state index in [1.54, 1.807) is 0 Å². The van der Waals surface area contributed by atoms with Crippen molar-refractivity contribution in [3.63, 3.8) is 0 Å². The Morgan fingerprint density at radius 1 is 1.00 bits per heavy atom. The van der Waals surface area contributed by atoms with E-state index in [-0.39, 0.29) is 0 Å². The van der Waals surface area contributed by atoms with Gasteiger partial charge in [0, 0.05) is 28.4 Å². The van der Waals surface area contributed by atoms with E-state index >= 15 is 0 Å². The second-order valence-corrected chi connectivity index (χ2v) is 7.46. The molecule has 3 rings (SSSR count). The molecule has 0 spiro atoms. The maximum atomic E-state index is 6.29. The highest BCUT2D eigenvalue weighted by molar-refractivity contribution is 6.31. The molecule has 156 valence electrons. The molecule has 0 atom stereocenters. The summed E-state index contributed by atoms with van der Waals surface area (Å²) < 4.78 is 12.1. The summed E-state index contributed by atoms with van der Waals surface area (Å²) in [5.74, 6) is 1.49. The minimum absolute atomic E-state index is 0.380. The van der Waals surface area contributed by atoms with E-state index in [9.17, 15) is 0 Å². The predicted molar refractivity (Wildman–Crippen MR) is 126 cm³/mol. The van der Waals surface area contributed by atoms with Crippen LogP contribution in [0.4, 0.5) is 5.69 Å². The van der Waals surface area contributed by atoms with Crippen LogP contribution in [-0.4, -0.2) is 6.61 Å². The van der Waals surface area contributed by atoms with Crippen LogP contribution in [0.5, 0.6) is 11.5 Å². The highest BCUT2D eigenvalue weighted by atomic mass is 35.5. The van der Waals surface area contributed by atoms with Gasteiger partial charge in [0.25, 0.3) is 0 Å². The van der Waals surface area contributed by atoms with E-state index in [1.807, 2.05) is 55.5 Å². The predicted octanol–water partition coefficient (Wildman–Crippen LogP) is 6.97. The molecule has 0 unspecified atom stereocenters. The lowest BCUT2D eigenvalue weighted by Crippen LogP contribution is -2.06. The summed E-state index contributed by atoms with van der Waals surface area (Å²) in [5, 5.41) is 4.21. The van der Waals surface area contributed by atoms with Gasteiger partial charge >= 0.3 is 0 Å². The number of hydrogen-bond acceptors (Lipinski definition) is 3. The third-order valence-electron chi connectivity index (χ3n) is 4.81. The van der Waals surface area contributed by atoms with Crippen LogP contribution < -0.4 is 14.8 Å². The molecule has 30 heavy (non-hydrogen) atoms. The van der Waals surface area contributed by atoms with Crippen LogP contribution in [0.15, 0.2) is 73.3 Å². The smallest absolute Gasteiger partial charge is 0.165 e. The first-order valence-electron chi connectivity index (χ1n) is 10.2. The lowest BCUT2D eigenvalue weighted by molar-refractivity contribution is 0.267. The molecule has 3 aromatic carbocycles. The van der Waals surface area contributed by atoms with Gasteiger partial charge in [-0.3, -0.25) is 0 Å². The van der Waals surface area contributed by atoms with Crippen molar-refractivity contribution in [1.29, 1.82) is 0 Å². The van der Waals surface area contributed by atoms with Crippen molar-refractivity contribution in [1.82, 2.24) is 0 Å². The second kappa shape index (κ2) is 10.7. The Kier molecular flexibility index (Phi) is 7.81. The van der Waals surface area contributed by atoms with Crippen LogP contribution >= 0.6 is 11.6 Å². The molecular weight excluding hydrogens is 394 g/mol. The van der Waals surface area contributed by atoms with E-state index in [2.05, 4.69) is 37.0 Å². The number of nitrogens with one attached hydrogen (secondary N) is 1. The Balaban J connectivity index is 1.86. The van der Waals surface area contributed by atoms with Gasteiger partial charge in [0.2, 0.25) is 0 Å². The summed E-state index contributed by atoms with van der Waals surface area (Å²) in [7, 11) is 0. The fourth-order valence-electron chi connectivity index (χ4n) is 3.29. The normalized spacial score (nSPS) is 10.5. The average molecular weight is 422 g/mol. The molecule has 4 heteroatoms. The van der Waals surface area contributed by atoms with E-state index < -0.39 is 0 Å². The van der Waals surface area contributed by atoms with Gasteiger partial charge in [-0.15, -0.1) is 6.58 Å². The molecule has 0 saturated carbocycles. The van der Waals surface area contributed by atoms with Crippen molar-refractivity contribution < 1.29 is 9.47 Å². The minimum atomic E-state index is 0.380. The lowest BCUT2D eigenvalue weighted by atomic mass is 10.0. The van der Waals surface area contributed by atoms with Gasteiger partial charge < -0.3 is 14.8 Å². The maximum absolute atomic E-state index is 6.29. The molecule has 0 amide bonds. The molecule has 3 nitrogen and oxygen atoms in total. The molecule has 1 N–H and O–H groups in total. The first-order valence-corrected chi connectivity index (χ1v) is 10.5. The van der Waals surface area contributed by atoms with Crippen LogP contribution in [0.1, 0.15) is 29.2 Å². The third-order valence-corrected chi connectivity index (χ3v) is 5.18. The first kappa shape index (κ1) is 21.8. The third kappa shape index (κ3) is 5.58. The summed E-state index contributed by atoms with van der Waals surface area (Å²) in [5.41, 5.74) is 5.46. The van der Waals surface area contributed by atoms with Gasteiger partial charge in [0.1, 0.15) is 6.61 Å². The number of benzene rings is 3. The van der Waals surface area contributed by atoms with Crippen molar-refractivity contribution in [2.75, 3.05) is 11.9 Å². The fourth-order valence-corrected chi connectivity index (χ4v) is 3.48. The standard InChI is InChI=1S/C26H28ClNO2/c1-4-10-21-15-20(17-28-24-14-9-6-11-19(24)3)16-25(29-5-2)26(21)30-18-22-12-7-8-13-23(22)27/h4,6-9,11-16,28H,1,5,10,17-18H2,2-3H3. The van der Waals surface area contributed by atoms with Crippen molar-refractivity contribution in [3.05, 3.63) is 101 Å². The summed E-state index contributed by atoms with van der Waals surface area (Å²) in [6.45, 7) is 9.62. The lowest BCUT2D eigenvalue weighted by Gasteiger charge is -2.18. The highest BCUT2D eigenvalue weighted by Gasteiger charge is 2.14. The quantitative estimate of drug-likeness (QED) is 0.358. The van der Waals surface area contributed by atoms with Crippen LogP contribution in [0.3, 0.4) is 0 Å². The number of rotatable bonds is 10. The molecular formula is C26H28ClNO2. The molecule has 0 fully saturated rings. The number of aryl methyl sites for hydroxylation is 1. The summed E-state index contributed by atoms with van der Waals surface area (Å²) in [6, 6.07) is 20.2. The van der Waals surface area contributed by atoms with Crippen molar-refractivity contribution in [2.45, 2.75) is 33.4 Å². The summed E-state index contributed by atoms with van der Waals surface area (Å²) in [4.78, 5) is 0. The molecule has 0 bridgehead atoms. The van der Waals surface area contributed by atoms with Gasteiger partial charge in [0.05, 0.1) is 6.61 Å². The SMILES string of the molecule is C=CCc1cc(CNc2ccccc2C)cc(OCC)c1OCc1ccccc1Cl. The molecule has 0 saturated heterocycles. The van der Waals surface area contributed by atoms with E-state index in [4.69, 9.17) is 21.1 Å². The van der Waals surface area contributed by atoms with E-state index in [1.165, 1.54) is 5.56 Å². The number of halogens is 1. The Morgan fingerprint density at radius 2 is 1.77 bits per heavy atom. The first-order chi connectivity index (χ1) is 14.6.